The van der Waals surface area contributed by atoms with E-state index in [0.717, 1.165) is 60.9 Å². The van der Waals surface area contributed by atoms with E-state index in [1.54, 1.807) is 0 Å². The van der Waals surface area contributed by atoms with Crippen LogP contribution in [-0.4, -0.2) is 15.0 Å². The fraction of sp³-hybridized carbons (Fsp3) is 0. The summed E-state index contributed by atoms with van der Waals surface area (Å²) in [7, 11) is 0. The van der Waals surface area contributed by atoms with E-state index >= 15 is 0 Å². The smallest absolute Gasteiger partial charge is 0.164 e. The zero-order chi connectivity index (χ0) is 36.6. The normalized spacial score (nSPS) is 11.3. The molecule has 0 fully saturated rings. The molecule has 10 aromatic rings. The van der Waals surface area contributed by atoms with Crippen LogP contribution in [0.3, 0.4) is 0 Å². The highest BCUT2D eigenvalue weighted by Crippen LogP contribution is 2.39. The van der Waals surface area contributed by atoms with Gasteiger partial charge in [-0.1, -0.05) is 176 Å². The van der Waals surface area contributed by atoms with Crippen LogP contribution in [-0.2, 0) is 0 Å². The quantitative estimate of drug-likeness (QED) is 0.166. The standard InChI is InChI=1S/C51H33N3O/c1-4-14-34(15-5-1)35-26-28-36(29-27-35)39-30-31-46-45(33-39)48-44(24-13-25-47(48)55-46)51-53-49(38-18-8-3-9-19-38)52-50(54-51)41-21-12-20-40(32-41)43-23-11-10-22-42(43)37-16-6-2-7-17-37/h1-33H. The summed E-state index contributed by atoms with van der Waals surface area (Å²) in [5.74, 6) is 1.80. The molecule has 0 atom stereocenters. The molecule has 0 N–H and O–H groups in total. The van der Waals surface area contributed by atoms with E-state index in [9.17, 15) is 0 Å². The van der Waals surface area contributed by atoms with Crippen LogP contribution in [0.5, 0.6) is 0 Å². The lowest BCUT2D eigenvalue weighted by Crippen LogP contribution is -2.00. The third-order valence-corrected chi connectivity index (χ3v) is 10.2. The van der Waals surface area contributed by atoms with Crippen LogP contribution in [0.1, 0.15) is 0 Å². The number of nitrogens with zero attached hydrogens (tertiary/aromatic N) is 3. The van der Waals surface area contributed by atoms with Gasteiger partial charge in [-0.3, -0.25) is 0 Å². The average molecular weight is 704 g/mol. The Labute approximate surface area is 319 Å². The first-order valence-corrected chi connectivity index (χ1v) is 18.4. The molecule has 0 amide bonds. The first-order valence-electron chi connectivity index (χ1n) is 18.4. The number of rotatable bonds is 7. The third-order valence-electron chi connectivity index (χ3n) is 10.2. The van der Waals surface area contributed by atoms with Crippen molar-refractivity contribution in [1.82, 2.24) is 15.0 Å². The minimum Gasteiger partial charge on any atom is -0.456 e. The molecule has 0 bridgehead atoms. The molecule has 0 aliphatic heterocycles. The second kappa shape index (κ2) is 13.8. The van der Waals surface area contributed by atoms with Crippen LogP contribution in [0.15, 0.2) is 205 Å². The lowest BCUT2D eigenvalue weighted by atomic mass is 9.93. The lowest BCUT2D eigenvalue weighted by molar-refractivity contribution is 0.669. The molecule has 4 heteroatoms. The Hall–Kier alpha value is -7.43. The number of fused-ring (bicyclic) bond motifs is 3. The Morgan fingerprint density at radius 3 is 1.45 bits per heavy atom. The molecule has 0 aliphatic rings. The second-order valence-corrected chi connectivity index (χ2v) is 13.6. The summed E-state index contributed by atoms with van der Waals surface area (Å²) in [6.07, 6.45) is 0. The Morgan fingerprint density at radius 2 is 0.745 bits per heavy atom. The summed E-state index contributed by atoms with van der Waals surface area (Å²) < 4.78 is 6.45. The molecule has 258 valence electrons. The number of aromatic nitrogens is 3. The largest absolute Gasteiger partial charge is 0.456 e. The maximum atomic E-state index is 6.45. The van der Waals surface area contributed by atoms with Crippen LogP contribution in [0.2, 0.25) is 0 Å². The first-order chi connectivity index (χ1) is 27.2. The van der Waals surface area contributed by atoms with Crippen LogP contribution in [0.4, 0.5) is 0 Å². The maximum absolute atomic E-state index is 6.45. The van der Waals surface area contributed by atoms with Gasteiger partial charge in [0.25, 0.3) is 0 Å². The highest BCUT2D eigenvalue weighted by atomic mass is 16.3. The van der Waals surface area contributed by atoms with Crippen molar-refractivity contribution in [3.05, 3.63) is 200 Å². The van der Waals surface area contributed by atoms with Crippen LogP contribution < -0.4 is 0 Å². The molecule has 8 aromatic carbocycles. The highest BCUT2D eigenvalue weighted by molar-refractivity contribution is 6.12. The Kier molecular flexibility index (Phi) is 8.12. The second-order valence-electron chi connectivity index (χ2n) is 13.6. The van der Waals surface area contributed by atoms with E-state index in [4.69, 9.17) is 19.4 Å². The van der Waals surface area contributed by atoms with Crippen molar-refractivity contribution in [1.29, 1.82) is 0 Å². The summed E-state index contributed by atoms with van der Waals surface area (Å²) in [5.41, 5.74) is 13.5. The lowest BCUT2D eigenvalue weighted by Gasteiger charge is -2.12. The summed E-state index contributed by atoms with van der Waals surface area (Å²) in [6, 6.07) is 69.3. The van der Waals surface area contributed by atoms with E-state index in [2.05, 4.69) is 146 Å². The predicted octanol–water partition coefficient (Wildman–Crippen LogP) is 13.4. The van der Waals surface area contributed by atoms with Crippen molar-refractivity contribution in [3.63, 3.8) is 0 Å². The molecule has 55 heavy (non-hydrogen) atoms. The van der Waals surface area contributed by atoms with Crippen molar-refractivity contribution < 1.29 is 4.42 Å². The van der Waals surface area contributed by atoms with Gasteiger partial charge in [0.1, 0.15) is 11.2 Å². The van der Waals surface area contributed by atoms with E-state index in [1.807, 2.05) is 54.6 Å². The fourth-order valence-corrected chi connectivity index (χ4v) is 7.45. The average Bonchev–Trinajstić information content (AvgIpc) is 3.66. The third kappa shape index (κ3) is 6.16. The van der Waals surface area contributed by atoms with Gasteiger partial charge in [0.15, 0.2) is 17.5 Å². The van der Waals surface area contributed by atoms with Gasteiger partial charge in [-0.15, -0.1) is 0 Å². The molecular weight excluding hydrogens is 671 g/mol. The van der Waals surface area contributed by atoms with E-state index < -0.39 is 0 Å². The number of furan rings is 1. The molecule has 10 rings (SSSR count). The van der Waals surface area contributed by atoms with Gasteiger partial charge in [0.2, 0.25) is 0 Å². The Bertz CT molecular complexity index is 2950. The SMILES string of the molecule is c1ccc(-c2ccc(-c3ccc4oc5cccc(-c6nc(-c7ccccc7)nc(-c7cccc(-c8ccccc8-c8ccccc8)c7)n6)c5c4c3)cc2)cc1. The van der Waals surface area contributed by atoms with Gasteiger partial charge in [0.05, 0.1) is 0 Å². The van der Waals surface area contributed by atoms with Crippen LogP contribution >= 0.6 is 0 Å². The first kappa shape index (κ1) is 32.2. The summed E-state index contributed by atoms with van der Waals surface area (Å²) in [4.78, 5) is 15.4. The van der Waals surface area contributed by atoms with E-state index in [0.29, 0.717) is 17.5 Å². The van der Waals surface area contributed by atoms with Crippen LogP contribution in [0.25, 0.3) is 101 Å². The number of hydrogen-bond donors (Lipinski definition) is 0. The molecule has 0 aliphatic carbocycles. The van der Waals surface area contributed by atoms with E-state index in [-0.39, 0.29) is 0 Å². The molecule has 0 unspecified atom stereocenters. The van der Waals surface area contributed by atoms with Gasteiger partial charge >= 0.3 is 0 Å². The van der Waals surface area contributed by atoms with Gasteiger partial charge in [-0.2, -0.15) is 0 Å². The zero-order valence-corrected chi connectivity index (χ0v) is 29.8. The van der Waals surface area contributed by atoms with Crippen molar-refractivity contribution in [3.8, 4) is 78.7 Å². The van der Waals surface area contributed by atoms with Crippen molar-refractivity contribution in [2.75, 3.05) is 0 Å². The molecule has 2 aromatic heterocycles. The molecule has 0 radical (unpaired) electrons. The topological polar surface area (TPSA) is 51.8 Å². The van der Waals surface area contributed by atoms with Gasteiger partial charge < -0.3 is 4.42 Å². The van der Waals surface area contributed by atoms with E-state index in [1.165, 1.54) is 22.3 Å². The number of hydrogen-bond acceptors (Lipinski definition) is 4. The van der Waals surface area contributed by atoms with Crippen LogP contribution in [0, 0.1) is 0 Å². The maximum Gasteiger partial charge on any atom is 0.164 e. The monoisotopic (exact) mass is 703 g/mol. The van der Waals surface area contributed by atoms with Crippen molar-refractivity contribution in [2.24, 2.45) is 0 Å². The van der Waals surface area contributed by atoms with Gasteiger partial charge in [0, 0.05) is 27.5 Å². The molecule has 0 saturated carbocycles. The minimum absolute atomic E-state index is 0.588. The molecule has 2 heterocycles. The van der Waals surface area contributed by atoms with Gasteiger partial charge in [-0.25, -0.2) is 15.0 Å². The highest BCUT2D eigenvalue weighted by Gasteiger charge is 2.19. The van der Waals surface area contributed by atoms with Gasteiger partial charge in [-0.05, 0) is 68.8 Å². The minimum atomic E-state index is 0.588. The summed E-state index contributed by atoms with van der Waals surface area (Å²) in [5, 5.41) is 1.99. The fourth-order valence-electron chi connectivity index (χ4n) is 7.45. The Balaban J connectivity index is 1.11. The Morgan fingerprint density at radius 1 is 0.273 bits per heavy atom. The summed E-state index contributed by atoms with van der Waals surface area (Å²) >= 11 is 0. The molecule has 0 spiro atoms. The van der Waals surface area contributed by atoms with Crippen molar-refractivity contribution >= 4 is 21.9 Å². The molecule has 0 saturated heterocycles. The predicted molar refractivity (Wildman–Crippen MR) is 225 cm³/mol. The molecule has 4 nitrogen and oxygen atoms in total. The number of benzene rings is 8. The van der Waals surface area contributed by atoms with Crippen molar-refractivity contribution in [2.45, 2.75) is 0 Å². The zero-order valence-electron chi connectivity index (χ0n) is 29.8. The molecular formula is C51H33N3O. The summed E-state index contributed by atoms with van der Waals surface area (Å²) in [6.45, 7) is 0.